The first kappa shape index (κ1) is 20.2. The van der Waals surface area contributed by atoms with Crippen LogP contribution in [-0.4, -0.2) is 33.9 Å². The molecule has 0 unspecified atom stereocenters. The van der Waals surface area contributed by atoms with Gasteiger partial charge in [0.2, 0.25) is 5.91 Å². The molecule has 1 aliphatic rings. The minimum absolute atomic E-state index is 0.245. The van der Waals surface area contributed by atoms with Crippen LogP contribution in [0.1, 0.15) is 38.7 Å². The maximum atomic E-state index is 13.1. The van der Waals surface area contributed by atoms with Crippen molar-refractivity contribution in [2.24, 2.45) is 7.05 Å². The van der Waals surface area contributed by atoms with Crippen molar-refractivity contribution in [3.63, 3.8) is 0 Å². The number of nitrogens with zero attached hydrogens (tertiary/aromatic N) is 2. The maximum Gasteiger partial charge on any atom is 0.251 e. The third-order valence-electron chi connectivity index (χ3n) is 5.48. The quantitative estimate of drug-likeness (QED) is 0.632. The van der Waals surface area contributed by atoms with E-state index < -0.39 is 6.04 Å². The molecule has 0 fully saturated rings. The van der Waals surface area contributed by atoms with Gasteiger partial charge in [-0.2, -0.15) is 5.10 Å². The monoisotopic (exact) mass is 420 g/mol. The first-order chi connectivity index (χ1) is 14.4. The number of fused-ring (bicyclic) bond motifs is 1. The molecule has 2 N–H and O–H groups in total. The first-order valence-corrected chi connectivity index (χ1v) is 11.0. The predicted octanol–water partition coefficient (Wildman–Crippen LogP) is 3.64. The van der Waals surface area contributed by atoms with Crippen molar-refractivity contribution in [3.8, 4) is 0 Å². The number of aromatic nitrogens is 2. The summed E-state index contributed by atoms with van der Waals surface area (Å²) in [5, 5.41) is 10.4. The summed E-state index contributed by atoms with van der Waals surface area (Å²) in [4.78, 5) is 27.2. The van der Waals surface area contributed by atoms with Crippen LogP contribution in [-0.2, 0) is 11.8 Å². The third kappa shape index (κ3) is 3.61. The van der Waals surface area contributed by atoms with Crippen LogP contribution in [0.4, 0.5) is 5.82 Å². The highest BCUT2D eigenvalue weighted by molar-refractivity contribution is 7.98. The molecule has 154 valence electrons. The largest absolute Gasteiger partial charge is 0.339 e. The van der Waals surface area contributed by atoms with Gasteiger partial charge in [0.05, 0.1) is 5.69 Å². The third-order valence-corrected chi connectivity index (χ3v) is 6.22. The number of rotatable bonds is 4. The van der Waals surface area contributed by atoms with E-state index in [1.165, 1.54) is 0 Å². The van der Waals surface area contributed by atoms with Gasteiger partial charge in [-0.25, -0.2) is 0 Å². The van der Waals surface area contributed by atoms with Gasteiger partial charge in [0.25, 0.3) is 5.91 Å². The molecule has 2 amide bonds. The molecule has 1 aromatic heterocycles. The van der Waals surface area contributed by atoms with Crippen LogP contribution in [0.3, 0.4) is 0 Å². The van der Waals surface area contributed by atoms with Gasteiger partial charge in [-0.05, 0) is 49.9 Å². The highest BCUT2D eigenvalue weighted by Gasteiger charge is 2.41. The summed E-state index contributed by atoms with van der Waals surface area (Å²) in [5.41, 5.74) is 4.26. The zero-order valence-electron chi connectivity index (χ0n) is 17.4. The van der Waals surface area contributed by atoms with E-state index in [1.54, 1.807) is 22.5 Å². The van der Waals surface area contributed by atoms with Crippen molar-refractivity contribution in [2.75, 3.05) is 11.6 Å². The summed E-state index contributed by atoms with van der Waals surface area (Å²) >= 11 is 1.66. The van der Waals surface area contributed by atoms with Crippen LogP contribution in [0.2, 0.25) is 0 Å². The number of anilines is 1. The molecular formula is C23H24N4O2S. The van der Waals surface area contributed by atoms with Crippen molar-refractivity contribution >= 4 is 29.4 Å². The van der Waals surface area contributed by atoms with Gasteiger partial charge in [0.1, 0.15) is 11.9 Å². The van der Waals surface area contributed by atoms with Gasteiger partial charge in [0, 0.05) is 29.0 Å². The second-order valence-electron chi connectivity index (χ2n) is 7.53. The van der Waals surface area contributed by atoms with E-state index >= 15 is 0 Å². The van der Waals surface area contributed by atoms with Gasteiger partial charge in [-0.3, -0.25) is 14.3 Å². The number of benzene rings is 2. The lowest BCUT2D eigenvalue weighted by Gasteiger charge is -2.32. The number of hydrogen-bond acceptors (Lipinski definition) is 4. The van der Waals surface area contributed by atoms with E-state index in [0.717, 1.165) is 27.3 Å². The van der Waals surface area contributed by atoms with Crippen LogP contribution < -0.4 is 10.6 Å². The molecule has 3 aromatic rings. The summed E-state index contributed by atoms with van der Waals surface area (Å²) in [6.45, 7) is 3.87. The normalized spacial score (nSPS) is 17.9. The average Bonchev–Trinajstić information content (AvgIpc) is 3.01. The summed E-state index contributed by atoms with van der Waals surface area (Å²) in [7, 11) is 1.81. The second-order valence-corrected chi connectivity index (χ2v) is 8.41. The van der Waals surface area contributed by atoms with Crippen molar-refractivity contribution in [1.82, 2.24) is 15.1 Å². The van der Waals surface area contributed by atoms with Crippen molar-refractivity contribution in [2.45, 2.75) is 30.7 Å². The van der Waals surface area contributed by atoms with Crippen LogP contribution in [0.25, 0.3) is 0 Å². The zero-order valence-corrected chi connectivity index (χ0v) is 18.2. The number of thioether (sulfide) groups is 1. The van der Waals surface area contributed by atoms with Gasteiger partial charge in [-0.1, -0.05) is 29.8 Å². The number of amides is 2. The number of carbonyl (C=O) groups excluding carboxylic acids is 2. The van der Waals surface area contributed by atoms with Crippen LogP contribution in [0, 0.1) is 13.8 Å². The lowest BCUT2D eigenvalue weighted by molar-refractivity contribution is -0.118. The highest BCUT2D eigenvalue weighted by Crippen LogP contribution is 2.39. The number of carbonyl (C=O) groups is 2. The molecule has 30 heavy (non-hydrogen) atoms. The molecule has 2 atom stereocenters. The molecule has 4 rings (SSSR count). The summed E-state index contributed by atoms with van der Waals surface area (Å²) < 4.78 is 1.68. The maximum absolute atomic E-state index is 13.1. The minimum atomic E-state index is -0.742. The smallest absolute Gasteiger partial charge is 0.251 e. The fraction of sp³-hybridized carbons (Fsp3) is 0.261. The summed E-state index contributed by atoms with van der Waals surface area (Å²) in [6, 6.07) is 14.7. The molecule has 0 spiro atoms. The van der Waals surface area contributed by atoms with E-state index in [-0.39, 0.29) is 17.7 Å². The Hall–Kier alpha value is -3.06. The van der Waals surface area contributed by atoms with Crippen molar-refractivity contribution in [3.05, 3.63) is 76.5 Å². The number of hydrogen-bond donors (Lipinski definition) is 2. The molecule has 0 saturated heterocycles. The lowest BCUT2D eigenvalue weighted by Crippen LogP contribution is -2.50. The van der Waals surface area contributed by atoms with Gasteiger partial charge < -0.3 is 10.6 Å². The number of aryl methyl sites for hydroxylation is 3. The van der Waals surface area contributed by atoms with Crippen LogP contribution in [0.15, 0.2) is 53.4 Å². The summed E-state index contributed by atoms with van der Waals surface area (Å²) in [6.07, 6.45) is 2.03. The Labute approximate surface area is 180 Å². The molecule has 1 aliphatic heterocycles. The predicted molar refractivity (Wildman–Crippen MR) is 119 cm³/mol. The topological polar surface area (TPSA) is 76.0 Å². The Morgan fingerprint density at radius 3 is 2.57 bits per heavy atom. The Balaban J connectivity index is 1.77. The first-order valence-electron chi connectivity index (χ1n) is 9.75. The molecule has 0 aliphatic carbocycles. The standard InChI is InChI=1S/C23H24N4O2S/c1-13-6-5-7-16(12-13)22(28)24-20-19(15-8-10-17(30-4)11-9-15)18-14(2)26-27(3)21(18)25-23(20)29/h5-12,19-20H,1-4H3,(H,24,28)(H,25,29)/t19-,20-/m1/s1. The molecule has 2 aromatic carbocycles. The molecule has 7 heteroatoms. The molecule has 0 radical (unpaired) electrons. The van der Waals surface area contributed by atoms with E-state index in [9.17, 15) is 9.59 Å². The van der Waals surface area contributed by atoms with Crippen molar-refractivity contribution in [1.29, 1.82) is 0 Å². The van der Waals surface area contributed by atoms with Crippen LogP contribution in [0.5, 0.6) is 0 Å². The molecule has 0 bridgehead atoms. The Morgan fingerprint density at radius 1 is 1.17 bits per heavy atom. The second kappa shape index (κ2) is 7.99. The molecule has 2 heterocycles. The SMILES string of the molecule is CSc1ccc([C@@H]2c3c(C)nn(C)c3NC(=O)[C@@H]2NC(=O)c2cccc(C)c2)cc1. The van der Waals surface area contributed by atoms with Gasteiger partial charge in [-0.15, -0.1) is 11.8 Å². The van der Waals surface area contributed by atoms with Crippen LogP contribution >= 0.6 is 11.8 Å². The Morgan fingerprint density at radius 2 is 1.90 bits per heavy atom. The van der Waals surface area contributed by atoms with E-state index in [2.05, 4.69) is 15.7 Å². The average molecular weight is 421 g/mol. The number of nitrogens with one attached hydrogen (secondary N) is 2. The van der Waals surface area contributed by atoms with Gasteiger partial charge in [0.15, 0.2) is 0 Å². The fourth-order valence-electron chi connectivity index (χ4n) is 4.04. The lowest BCUT2D eigenvalue weighted by atomic mass is 9.82. The van der Waals surface area contributed by atoms with Crippen molar-refractivity contribution < 1.29 is 9.59 Å². The highest BCUT2D eigenvalue weighted by atomic mass is 32.2. The molecule has 6 nitrogen and oxygen atoms in total. The zero-order chi connectivity index (χ0) is 21.4. The summed E-state index contributed by atoms with van der Waals surface area (Å²) in [5.74, 6) is -0.162. The van der Waals surface area contributed by atoms with E-state index in [0.29, 0.717) is 11.4 Å². The fourth-order valence-corrected chi connectivity index (χ4v) is 4.45. The van der Waals surface area contributed by atoms with E-state index in [4.69, 9.17) is 0 Å². The van der Waals surface area contributed by atoms with E-state index in [1.807, 2.05) is 69.6 Å². The molecular weight excluding hydrogens is 396 g/mol. The minimum Gasteiger partial charge on any atom is -0.339 e. The van der Waals surface area contributed by atoms with Gasteiger partial charge >= 0.3 is 0 Å². The Kier molecular flexibility index (Phi) is 5.39. The molecule has 0 saturated carbocycles. The Bertz CT molecular complexity index is 1120.